The maximum atomic E-state index is 5.31. The molecule has 0 fully saturated rings. The number of guanidine groups is 1. The summed E-state index contributed by atoms with van der Waals surface area (Å²) in [5, 5.41) is 3.71. The molecule has 0 saturated heterocycles. The maximum Gasteiger partial charge on any atom is 0.206 e. The van der Waals surface area contributed by atoms with Crippen molar-refractivity contribution >= 4 is 17.3 Å². The first kappa shape index (κ1) is 25.1. The second-order valence-corrected chi connectivity index (χ2v) is 10.9. The lowest BCUT2D eigenvalue weighted by Crippen LogP contribution is -2.40. The van der Waals surface area contributed by atoms with Crippen LogP contribution in [0.5, 0.6) is 0 Å². The highest BCUT2D eigenvalue weighted by Gasteiger charge is 2.32. The monoisotopic (exact) mass is 492 g/mol. The first-order valence-electron chi connectivity index (χ1n) is 13.5. The van der Waals surface area contributed by atoms with E-state index in [1.165, 1.54) is 47.2 Å². The van der Waals surface area contributed by atoms with Crippen molar-refractivity contribution in [1.29, 1.82) is 0 Å². The Morgan fingerprint density at radius 3 is 2.70 bits per heavy atom. The third-order valence-electron chi connectivity index (χ3n) is 8.21. The number of aryl methyl sites for hydroxylation is 2. The zero-order chi connectivity index (χ0) is 26.3. The Kier molecular flexibility index (Phi) is 6.85. The van der Waals surface area contributed by atoms with Gasteiger partial charge in [0.1, 0.15) is 0 Å². The zero-order valence-electron chi connectivity index (χ0n) is 23.1. The van der Waals surface area contributed by atoms with Crippen LogP contribution in [0.4, 0.5) is 5.69 Å². The van der Waals surface area contributed by atoms with E-state index in [1.807, 2.05) is 6.92 Å². The molecule has 2 aromatic carbocycles. The van der Waals surface area contributed by atoms with Gasteiger partial charge in [-0.25, -0.2) is 4.99 Å². The van der Waals surface area contributed by atoms with Crippen molar-refractivity contribution in [2.24, 2.45) is 10.9 Å². The number of allylic oxidation sites excluding steroid dienone is 4. The second-order valence-electron chi connectivity index (χ2n) is 10.9. The van der Waals surface area contributed by atoms with Crippen LogP contribution in [0.15, 0.2) is 71.9 Å². The standard InChI is InChI=1S/C33H40N4/c1-8-9-13-31(23(5)21(2)3)34-18-27-16-22(4)17-29-24(6)36(7)33(35-32(27)29)37-19-26-15-14-25-11-10-12-28(25)30(26)20-37/h8-9,13-17,23,34H,2,6,10-12,18-20H2,1,3-5,7H3/b9-8-,31-13+. The Balaban J connectivity index is 1.48. The number of hydrogen-bond acceptors (Lipinski definition) is 4. The van der Waals surface area contributed by atoms with E-state index in [-0.39, 0.29) is 5.92 Å². The molecule has 2 heterocycles. The fourth-order valence-electron chi connectivity index (χ4n) is 5.85. The van der Waals surface area contributed by atoms with Gasteiger partial charge < -0.3 is 15.1 Å². The molecule has 1 atom stereocenters. The largest absolute Gasteiger partial charge is 0.384 e. The Morgan fingerprint density at radius 1 is 1.16 bits per heavy atom. The van der Waals surface area contributed by atoms with Crippen molar-refractivity contribution in [2.45, 2.75) is 66.6 Å². The molecule has 0 radical (unpaired) electrons. The molecular formula is C33H40N4. The Bertz CT molecular complexity index is 1360. The lowest BCUT2D eigenvalue weighted by atomic mass is 9.97. The van der Waals surface area contributed by atoms with Crippen molar-refractivity contribution in [2.75, 3.05) is 7.05 Å². The molecule has 2 aliphatic heterocycles. The van der Waals surface area contributed by atoms with Crippen LogP contribution in [-0.4, -0.2) is 22.8 Å². The molecule has 3 aliphatic rings. The van der Waals surface area contributed by atoms with Crippen LogP contribution in [-0.2, 0) is 32.5 Å². The molecule has 1 N–H and O–H groups in total. The summed E-state index contributed by atoms with van der Waals surface area (Å²) in [6, 6.07) is 9.17. The van der Waals surface area contributed by atoms with Crippen LogP contribution >= 0.6 is 0 Å². The minimum Gasteiger partial charge on any atom is -0.384 e. The number of benzene rings is 2. The highest BCUT2D eigenvalue weighted by atomic mass is 15.4. The molecule has 1 unspecified atom stereocenters. The molecule has 4 nitrogen and oxygen atoms in total. The fraction of sp³-hybridized carbons (Fsp3) is 0.364. The van der Waals surface area contributed by atoms with E-state index in [0.717, 1.165) is 41.6 Å². The van der Waals surface area contributed by atoms with Gasteiger partial charge in [-0.3, -0.25) is 0 Å². The minimum atomic E-state index is 0.252. The van der Waals surface area contributed by atoms with Crippen LogP contribution in [0.25, 0.3) is 5.70 Å². The van der Waals surface area contributed by atoms with Gasteiger partial charge in [0.25, 0.3) is 0 Å². The van der Waals surface area contributed by atoms with Crippen molar-refractivity contribution in [3.63, 3.8) is 0 Å². The summed E-state index contributed by atoms with van der Waals surface area (Å²) >= 11 is 0. The van der Waals surface area contributed by atoms with Gasteiger partial charge in [0.15, 0.2) is 0 Å². The first-order valence-corrected chi connectivity index (χ1v) is 13.5. The van der Waals surface area contributed by atoms with Gasteiger partial charge >= 0.3 is 0 Å². The number of aliphatic imine (C=N–C) groups is 1. The number of nitrogens with one attached hydrogen (secondary N) is 1. The summed E-state index contributed by atoms with van der Waals surface area (Å²) in [5.74, 6) is 1.24. The normalized spacial score (nSPS) is 17.6. The average molecular weight is 493 g/mol. The molecule has 2 aromatic rings. The van der Waals surface area contributed by atoms with Crippen molar-refractivity contribution in [3.05, 3.63) is 106 Å². The number of rotatable bonds is 6. The molecular weight excluding hydrogens is 452 g/mol. The van der Waals surface area contributed by atoms with Gasteiger partial charge in [0.05, 0.1) is 5.69 Å². The predicted octanol–water partition coefficient (Wildman–Crippen LogP) is 7.16. The first-order chi connectivity index (χ1) is 17.8. The topological polar surface area (TPSA) is 30.9 Å². The van der Waals surface area contributed by atoms with Crippen LogP contribution in [0, 0.1) is 12.8 Å². The van der Waals surface area contributed by atoms with E-state index < -0.39 is 0 Å². The van der Waals surface area contributed by atoms with Gasteiger partial charge in [0, 0.05) is 49.6 Å². The van der Waals surface area contributed by atoms with Crippen molar-refractivity contribution < 1.29 is 0 Å². The SMILES string of the molecule is C=C(C)C(C)/C(=C\C=C/C)NCc1cc(C)cc2c1N=C(N1Cc3ccc4c(c3C1)CCC4)N(C)C2=C. The van der Waals surface area contributed by atoms with Crippen LogP contribution in [0.2, 0.25) is 0 Å². The molecule has 0 aromatic heterocycles. The quantitative estimate of drug-likeness (QED) is 0.343. The van der Waals surface area contributed by atoms with E-state index in [2.05, 4.69) is 98.6 Å². The van der Waals surface area contributed by atoms with E-state index in [9.17, 15) is 0 Å². The van der Waals surface area contributed by atoms with Gasteiger partial charge in [-0.15, -0.1) is 0 Å². The lowest BCUT2D eigenvalue weighted by Gasteiger charge is -2.35. The molecule has 192 valence electrons. The number of hydrogen-bond donors (Lipinski definition) is 1. The third-order valence-corrected chi connectivity index (χ3v) is 8.21. The Labute approximate surface area is 222 Å². The molecule has 4 heteroatoms. The second kappa shape index (κ2) is 10.1. The number of nitrogens with zero attached hydrogens (tertiary/aromatic N) is 3. The van der Waals surface area contributed by atoms with Crippen LogP contribution < -0.4 is 5.32 Å². The summed E-state index contributed by atoms with van der Waals surface area (Å²) in [4.78, 5) is 9.91. The average Bonchev–Trinajstić information content (AvgIpc) is 3.52. The molecule has 0 saturated carbocycles. The summed E-state index contributed by atoms with van der Waals surface area (Å²) in [5.41, 5.74) is 14.0. The van der Waals surface area contributed by atoms with E-state index in [4.69, 9.17) is 4.99 Å². The minimum absolute atomic E-state index is 0.252. The highest BCUT2D eigenvalue weighted by molar-refractivity contribution is 5.97. The smallest absolute Gasteiger partial charge is 0.206 e. The van der Waals surface area contributed by atoms with Crippen LogP contribution in [0.3, 0.4) is 0 Å². The third kappa shape index (κ3) is 4.66. The fourth-order valence-corrected chi connectivity index (χ4v) is 5.85. The highest BCUT2D eigenvalue weighted by Crippen LogP contribution is 2.40. The molecule has 0 amide bonds. The van der Waals surface area contributed by atoms with Gasteiger partial charge in [0.2, 0.25) is 5.96 Å². The summed E-state index contributed by atoms with van der Waals surface area (Å²) < 4.78 is 0. The molecule has 1 aliphatic carbocycles. The van der Waals surface area contributed by atoms with E-state index in [0.29, 0.717) is 6.54 Å². The summed E-state index contributed by atoms with van der Waals surface area (Å²) in [6.45, 7) is 19.7. The molecule has 0 spiro atoms. The van der Waals surface area contributed by atoms with Gasteiger partial charge in [-0.05, 0) is 85.6 Å². The van der Waals surface area contributed by atoms with Crippen molar-refractivity contribution in [1.82, 2.24) is 15.1 Å². The maximum absolute atomic E-state index is 5.31. The van der Waals surface area contributed by atoms with Gasteiger partial charge in [-0.1, -0.05) is 56.0 Å². The molecule has 5 rings (SSSR count). The molecule has 0 bridgehead atoms. The van der Waals surface area contributed by atoms with Crippen LogP contribution in [0.1, 0.15) is 66.1 Å². The van der Waals surface area contributed by atoms with E-state index in [1.54, 1.807) is 11.1 Å². The summed E-state index contributed by atoms with van der Waals surface area (Å²) in [6.07, 6.45) is 10.0. The summed E-state index contributed by atoms with van der Waals surface area (Å²) in [7, 11) is 2.10. The molecule has 37 heavy (non-hydrogen) atoms. The zero-order valence-corrected chi connectivity index (χ0v) is 23.1. The van der Waals surface area contributed by atoms with Crippen molar-refractivity contribution in [3.8, 4) is 0 Å². The van der Waals surface area contributed by atoms with E-state index >= 15 is 0 Å². The number of fused-ring (bicyclic) bond motifs is 4. The lowest BCUT2D eigenvalue weighted by molar-refractivity contribution is 0.396. The Hall–Kier alpha value is -3.53. The predicted molar refractivity (Wildman–Crippen MR) is 156 cm³/mol. The Morgan fingerprint density at radius 2 is 1.95 bits per heavy atom. The van der Waals surface area contributed by atoms with Gasteiger partial charge in [-0.2, -0.15) is 0 Å².